The van der Waals surface area contributed by atoms with Crippen LogP contribution in [-0.4, -0.2) is 18.7 Å². The van der Waals surface area contributed by atoms with Crippen LogP contribution >= 0.6 is 0 Å². The number of amides is 1. The highest BCUT2D eigenvalue weighted by Gasteiger charge is 2.38. The molecule has 1 atom stereocenters. The van der Waals surface area contributed by atoms with Gasteiger partial charge in [0.1, 0.15) is 0 Å². The summed E-state index contributed by atoms with van der Waals surface area (Å²) in [6.45, 7) is 2.47. The molecule has 0 radical (unpaired) electrons. The average molecular weight is 101 g/mol. The zero-order valence-electron chi connectivity index (χ0n) is 4.10. The first-order valence-corrected chi connectivity index (χ1v) is 2.12. The van der Waals surface area contributed by atoms with Crippen molar-refractivity contribution in [3.05, 3.63) is 0 Å². The SMILES string of the molecule is CC1(NC=O)CO1. The summed E-state index contributed by atoms with van der Waals surface area (Å²) in [5.41, 5.74) is -0.318. The third kappa shape index (κ3) is 0.899. The second-order valence-electron chi connectivity index (χ2n) is 1.78. The van der Waals surface area contributed by atoms with Gasteiger partial charge < -0.3 is 10.1 Å². The molecule has 1 N–H and O–H groups in total. The molecule has 1 heterocycles. The Hall–Kier alpha value is -0.570. The standard InChI is InChI=1S/C4H7NO2/c1-4(2-7-4)5-3-6/h3H,2H2,1H3,(H,5,6). The van der Waals surface area contributed by atoms with E-state index in [1.165, 1.54) is 0 Å². The number of epoxide rings is 1. The maximum Gasteiger partial charge on any atom is 0.209 e. The molecule has 1 fully saturated rings. The van der Waals surface area contributed by atoms with Gasteiger partial charge in [0, 0.05) is 0 Å². The molecule has 3 heteroatoms. The van der Waals surface area contributed by atoms with E-state index in [1.807, 2.05) is 6.92 Å². The van der Waals surface area contributed by atoms with Crippen molar-refractivity contribution >= 4 is 6.41 Å². The molecule has 3 nitrogen and oxygen atoms in total. The summed E-state index contributed by atoms with van der Waals surface area (Å²) >= 11 is 0. The average Bonchev–Trinajstić information content (AvgIpc) is 2.22. The van der Waals surface area contributed by atoms with Gasteiger partial charge in [-0.15, -0.1) is 0 Å². The smallest absolute Gasteiger partial charge is 0.209 e. The van der Waals surface area contributed by atoms with Gasteiger partial charge in [0.05, 0.1) is 6.61 Å². The lowest BCUT2D eigenvalue weighted by Crippen LogP contribution is -2.27. The Morgan fingerprint density at radius 3 is 2.71 bits per heavy atom. The number of carbonyl (C=O) groups is 1. The first kappa shape index (κ1) is 4.59. The van der Waals surface area contributed by atoms with E-state index < -0.39 is 0 Å². The molecule has 1 unspecified atom stereocenters. The van der Waals surface area contributed by atoms with Crippen LogP contribution in [0.15, 0.2) is 0 Å². The minimum Gasteiger partial charge on any atom is -0.349 e. The fourth-order valence-corrected chi connectivity index (χ4v) is 0.316. The van der Waals surface area contributed by atoms with Crippen molar-refractivity contribution in [1.29, 1.82) is 0 Å². The summed E-state index contributed by atoms with van der Waals surface area (Å²) in [7, 11) is 0. The van der Waals surface area contributed by atoms with Crippen LogP contribution in [0.4, 0.5) is 0 Å². The van der Waals surface area contributed by atoms with Crippen molar-refractivity contribution in [2.45, 2.75) is 12.6 Å². The van der Waals surface area contributed by atoms with Crippen LogP contribution in [-0.2, 0) is 9.53 Å². The summed E-state index contributed by atoms with van der Waals surface area (Å²) in [5, 5.41) is 2.49. The molecule has 1 rings (SSSR count). The maximum atomic E-state index is 9.67. The van der Waals surface area contributed by atoms with E-state index in [-0.39, 0.29) is 5.72 Å². The number of hydrogen-bond acceptors (Lipinski definition) is 2. The molecule has 0 aromatic carbocycles. The van der Waals surface area contributed by atoms with Gasteiger partial charge in [-0.3, -0.25) is 4.79 Å². The van der Waals surface area contributed by atoms with Gasteiger partial charge in [0.15, 0.2) is 5.72 Å². The second-order valence-corrected chi connectivity index (χ2v) is 1.78. The fourth-order valence-electron chi connectivity index (χ4n) is 0.316. The normalized spacial score (nSPS) is 37.3. The van der Waals surface area contributed by atoms with Crippen LogP contribution in [0.2, 0.25) is 0 Å². The maximum absolute atomic E-state index is 9.67. The second kappa shape index (κ2) is 1.20. The predicted molar refractivity (Wildman–Crippen MR) is 23.6 cm³/mol. The largest absolute Gasteiger partial charge is 0.349 e. The van der Waals surface area contributed by atoms with E-state index >= 15 is 0 Å². The summed E-state index contributed by atoms with van der Waals surface area (Å²) < 4.78 is 4.79. The third-order valence-electron chi connectivity index (χ3n) is 0.942. The molecule has 1 aliphatic rings. The lowest BCUT2D eigenvalue weighted by Gasteiger charge is -1.97. The zero-order valence-corrected chi connectivity index (χ0v) is 4.10. The van der Waals surface area contributed by atoms with Gasteiger partial charge in [-0.25, -0.2) is 0 Å². The topological polar surface area (TPSA) is 41.6 Å². The number of carbonyl (C=O) groups excluding carboxylic acids is 1. The monoisotopic (exact) mass is 101 g/mol. The molecule has 7 heavy (non-hydrogen) atoms. The van der Waals surface area contributed by atoms with Crippen molar-refractivity contribution in [2.75, 3.05) is 6.61 Å². The van der Waals surface area contributed by atoms with Crippen molar-refractivity contribution in [1.82, 2.24) is 5.32 Å². The van der Waals surface area contributed by atoms with Crippen LogP contribution in [0, 0.1) is 0 Å². The summed E-state index contributed by atoms with van der Waals surface area (Å²) in [5.74, 6) is 0. The first-order valence-electron chi connectivity index (χ1n) is 2.12. The molecule has 0 aromatic rings. The van der Waals surface area contributed by atoms with E-state index in [0.717, 1.165) is 0 Å². The Morgan fingerprint density at radius 1 is 2.00 bits per heavy atom. The molecule has 1 saturated heterocycles. The van der Waals surface area contributed by atoms with Crippen molar-refractivity contribution in [3.8, 4) is 0 Å². The van der Waals surface area contributed by atoms with Gasteiger partial charge in [-0.2, -0.15) is 0 Å². The van der Waals surface area contributed by atoms with E-state index in [2.05, 4.69) is 5.32 Å². The molecule has 0 spiro atoms. The van der Waals surface area contributed by atoms with E-state index in [0.29, 0.717) is 13.0 Å². The quantitative estimate of drug-likeness (QED) is 0.375. The Kier molecular flexibility index (Phi) is 0.785. The molecule has 1 amide bonds. The Labute approximate surface area is 41.7 Å². The molecular formula is C4H7NO2. The highest BCUT2D eigenvalue weighted by molar-refractivity contribution is 5.47. The number of ether oxygens (including phenoxy) is 1. The van der Waals surface area contributed by atoms with Gasteiger partial charge >= 0.3 is 0 Å². The van der Waals surface area contributed by atoms with Crippen molar-refractivity contribution in [2.24, 2.45) is 0 Å². The van der Waals surface area contributed by atoms with Crippen LogP contribution in [0.3, 0.4) is 0 Å². The number of nitrogens with one attached hydrogen (secondary N) is 1. The van der Waals surface area contributed by atoms with Crippen LogP contribution in [0.5, 0.6) is 0 Å². The van der Waals surface area contributed by atoms with Crippen LogP contribution < -0.4 is 5.32 Å². The molecule has 0 aliphatic carbocycles. The molecule has 40 valence electrons. The predicted octanol–water partition coefficient (Wildman–Crippen LogP) is -0.521. The molecule has 0 aromatic heterocycles. The van der Waals surface area contributed by atoms with Gasteiger partial charge in [0.2, 0.25) is 6.41 Å². The Balaban J connectivity index is 2.25. The zero-order chi connectivity index (χ0) is 5.33. The molecule has 0 bridgehead atoms. The summed E-state index contributed by atoms with van der Waals surface area (Å²) in [4.78, 5) is 9.67. The van der Waals surface area contributed by atoms with E-state index in [9.17, 15) is 4.79 Å². The third-order valence-corrected chi connectivity index (χ3v) is 0.942. The first-order chi connectivity index (χ1) is 3.27. The highest BCUT2D eigenvalue weighted by Crippen LogP contribution is 2.20. The van der Waals surface area contributed by atoms with E-state index in [1.54, 1.807) is 0 Å². The molecule has 1 aliphatic heterocycles. The van der Waals surface area contributed by atoms with Crippen molar-refractivity contribution < 1.29 is 9.53 Å². The minimum atomic E-state index is -0.318. The lowest BCUT2D eigenvalue weighted by atomic mass is 10.4. The van der Waals surface area contributed by atoms with E-state index in [4.69, 9.17) is 4.74 Å². The minimum absolute atomic E-state index is 0.318. The van der Waals surface area contributed by atoms with Crippen molar-refractivity contribution in [3.63, 3.8) is 0 Å². The van der Waals surface area contributed by atoms with Gasteiger partial charge in [-0.1, -0.05) is 0 Å². The Bertz CT molecular complexity index is 87.7. The number of hydrogen-bond donors (Lipinski definition) is 1. The molecular weight excluding hydrogens is 94.0 g/mol. The van der Waals surface area contributed by atoms with Crippen LogP contribution in [0.25, 0.3) is 0 Å². The summed E-state index contributed by atoms with van der Waals surface area (Å²) in [6, 6.07) is 0. The van der Waals surface area contributed by atoms with Gasteiger partial charge in [0.25, 0.3) is 0 Å². The summed E-state index contributed by atoms with van der Waals surface area (Å²) in [6.07, 6.45) is 0.646. The molecule has 0 saturated carbocycles. The van der Waals surface area contributed by atoms with Crippen LogP contribution in [0.1, 0.15) is 6.92 Å². The highest BCUT2D eigenvalue weighted by atomic mass is 16.6. The fraction of sp³-hybridized carbons (Fsp3) is 0.750. The van der Waals surface area contributed by atoms with Gasteiger partial charge in [-0.05, 0) is 6.92 Å². The number of rotatable bonds is 2. The lowest BCUT2D eigenvalue weighted by molar-refractivity contribution is -0.110. The Morgan fingerprint density at radius 2 is 2.57 bits per heavy atom.